The predicted molar refractivity (Wildman–Crippen MR) is 70.1 cm³/mol. The highest BCUT2D eigenvalue weighted by atomic mass is 16.5. The summed E-state index contributed by atoms with van der Waals surface area (Å²) in [6.07, 6.45) is 0. The van der Waals surface area contributed by atoms with Gasteiger partial charge in [0.25, 0.3) is 0 Å². The van der Waals surface area contributed by atoms with Gasteiger partial charge in [0.2, 0.25) is 5.91 Å². The van der Waals surface area contributed by atoms with Crippen LogP contribution in [0.3, 0.4) is 0 Å². The molecule has 1 fully saturated rings. The molecular weight excluding hydrogens is 228 g/mol. The van der Waals surface area contributed by atoms with Crippen molar-refractivity contribution in [3.8, 4) is 0 Å². The molecule has 4 nitrogen and oxygen atoms in total. The van der Waals surface area contributed by atoms with Crippen LogP contribution < -0.4 is 5.32 Å². The summed E-state index contributed by atoms with van der Waals surface area (Å²) < 4.78 is 5.34. The molecule has 0 atom stereocenters. The molecule has 2 rings (SSSR count). The third kappa shape index (κ3) is 4.13. The molecule has 4 heteroatoms. The second-order valence-electron chi connectivity index (χ2n) is 4.62. The molecule has 0 unspecified atom stereocenters. The van der Waals surface area contributed by atoms with Gasteiger partial charge in [0, 0.05) is 33.1 Å². The number of hydrogen-bond acceptors (Lipinski definition) is 3. The molecule has 1 saturated heterocycles. The maximum atomic E-state index is 10.9. The van der Waals surface area contributed by atoms with Crippen LogP contribution in [0.5, 0.6) is 0 Å². The molecule has 1 aromatic rings. The Morgan fingerprint density at radius 1 is 1.33 bits per heavy atom. The minimum atomic E-state index is 0.00795. The van der Waals surface area contributed by atoms with Crippen molar-refractivity contribution in [2.75, 3.05) is 26.3 Å². The summed E-state index contributed by atoms with van der Waals surface area (Å²) >= 11 is 0. The first-order valence-electron chi connectivity index (χ1n) is 6.36. The van der Waals surface area contributed by atoms with Crippen LogP contribution in [0.1, 0.15) is 18.1 Å². The van der Waals surface area contributed by atoms with Gasteiger partial charge in [0.05, 0.1) is 13.2 Å². The summed E-state index contributed by atoms with van der Waals surface area (Å²) in [5, 5.41) is 2.82. The van der Waals surface area contributed by atoms with E-state index in [1.165, 1.54) is 12.5 Å². The summed E-state index contributed by atoms with van der Waals surface area (Å²) in [5.41, 5.74) is 2.44. The molecule has 1 amide bonds. The summed E-state index contributed by atoms with van der Waals surface area (Å²) in [7, 11) is 0. The number of benzene rings is 1. The fraction of sp³-hybridized carbons (Fsp3) is 0.500. The Balaban J connectivity index is 1.91. The molecule has 0 aromatic heterocycles. The lowest BCUT2D eigenvalue weighted by Crippen LogP contribution is -2.35. The highest BCUT2D eigenvalue weighted by Gasteiger charge is 2.10. The lowest BCUT2D eigenvalue weighted by Gasteiger charge is -2.26. The van der Waals surface area contributed by atoms with Crippen molar-refractivity contribution >= 4 is 5.91 Å². The van der Waals surface area contributed by atoms with Gasteiger partial charge in [-0.05, 0) is 11.1 Å². The summed E-state index contributed by atoms with van der Waals surface area (Å²) in [6.45, 7) is 6.74. The number of morpholine rings is 1. The summed E-state index contributed by atoms with van der Waals surface area (Å²) in [5.74, 6) is 0.00795. The van der Waals surface area contributed by atoms with Gasteiger partial charge in [-0.3, -0.25) is 9.69 Å². The first-order chi connectivity index (χ1) is 8.74. The second-order valence-corrected chi connectivity index (χ2v) is 4.62. The van der Waals surface area contributed by atoms with Gasteiger partial charge in [0.15, 0.2) is 0 Å². The second kappa shape index (κ2) is 6.52. The van der Waals surface area contributed by atoms with E-state index in [9.17, 15) is 4.79 Å². The van der Waals surface area contributed by atoms with Gasteiger partial charge < -0.3 is 10.1 Å². The lowest BCUT2D eigenvalue weighted by molar-refractivity contribution is -0.119. The van der Waals surface area contributed by atoms with Crippen LogP contribution in [0.25, 0.3) is 0 Å². The number of nitrogens with one attached hydrogen (secondary N) is 1. The zero-order valence-electron chi connectivity index (χ0n) is 10.8. The van der Waals surface area contributed by atoms with Gasteiger partial charge in [-0.2, -0.15) is 0 Å². The first-order valence-corrected chi connectivity index (χ1v) is 6.36. The molecule has 1 aliphatic rings. The Hall–Kier alpha value is -1.39. The molecule has 0 radical (unpaired) electrons. The van der Waals surface area contributed by atoms with Crippen molar-refractivity contribution in [2.24, 2.45) is 0 Å². The predicted octanol–water partition coefficient (Wildman–Crippen LogP) is 1.15. The molecule has 1 N–H and O–H groups in total. The molecule has 0 spiro atoms. The van der Waals surface area contributed by atoms with E-state index in [1.54, 1.807) is 0 Å². The van der Waals surface area contributed by atoms with E-state index in [1.807, 2.05) is 12.1 Å². The van der Waals surface area contributed by atoms with Gasteiger partial charge in [0.1, 0.15) is 0 Å². The zero-order valence-corrected chi connectivity index (χ0v) is 10.8. The van der Waals surface area contributed by atoms with Crippen molar-refractivity contribution in [1.29, 1.82) is 0 Å². The molecule has 18 heavy (non-hydrogen) atoms. The quantitative estimate of drug-likeness (QED) is 0.869. The first kappa shape index (κ1) is 13.1. The molecule has 1 aliphatic heterocycles. The minimum absolute atomic E-state index is 0.00795. The molecule has 1 heterocycles. The third-order valence-electron chi connectivity index (χ3n) is 3.04. The SMILES string of the molecule is CC(=O)NCc1cccc(CN2CCOCC2)c1. The van der Waals surface area contributed by atoms with E-state index in [0.717, 1.165) is 38.4 Å². The van der Waals surface area contributed by atoms with Crippen LogP contribution in [0, 0.1) is 0 Å². The van der Waals surface area contributed by atoms with Crippen molar-refractivity contribution < 1.29 is 9.53 Å². The van der Waals surface area contributed by atoms with Crippen LogP contribution in [0.2, 0.25) is 0 Å². The van der Waals surface area contributed by atoms with Gasteiger partial charge in [-0.15, -0.1) is 0 Å². The van der Waals surface area contributed by atoms with Crippen LogP contribution in [0.4, 0.5) is 0 Å². The molecule has 0 bridgehead atoms. The number of carbonyl (C=O) groups is 1. The third-order valence-corrected chi connectivity index (χ3v) is 3.04. The fourth-order valence-corrected chi connectivity index (χ4v) is 2.08. The normalized spacial score (nSPS) is 16.5. The number of hydrogen-bond donors (Lipinski definition) is 1. The number of nitrogens with zero attached hydrogens (tertiary/aromatic N) is 1. The topological polar surface area (TPSA) is 41.6 Å². The molecule has 0 saturated carbocycles. The lowest BCUT2D eigenvalue weighted by atomic mass is 10.1. The Morgan fingerprint density at radius 2 is 2.06 bits per heavy atom. The number of rotatable bonds is 4. The average molecular weight is 248 g/mol. The van der Waals surface area contributed by atoms with E-state index in [0.29, 0.717) is 6.54 Å². The monoisotopic (exact) mass is 248 g/mol. The van der Waals surface area contributed by atoms with Crippen LogP contribution in [0.15, 0.2) is 24.3 Å². The van der Waals surface area contributed by atoms with Gasteiger partial charge in [-0.25, -0.2) is 0 Å². The van der Waals surface area contributed by atoms with Crippen LogP contribution >= 0.6 is 0 Å². The Morgan fingerprint density at radius 3 is 2.78 bits per heavy atom. The average Bonchev–Trinajstić information content (AvgIpc) is 2.38. The van der Waals surface area contributed by atoms with Crippen molar-refractivity contribution in [3.05, 3.63) is 35.4 Å². The molecule has 1 aromatic carbocycles. The van der Waals surface area contributed by atoms with E-state index in [-0.39, 0.29) is 5.91 Å². The molecular formula is C14H20N2O2. The smallest absolute Gasteiger partial charge is 0.217 e. The van der Waals surface area contributed by atoms with Crippen LogP contribution in [-0.2, 0) is 22.6 Å². The standard InChI is InChI=1S/C14H20N2O2/c1-12(17)15-10-13-3-2-4-14(9-13)11-16-5-7-18-8-6-16/h2-4,9H,5-8,10-11H2,1H3,(H,15,17). The molecule has 0 aliphatic carbocycles. The largest absolute Gasteiger partial charge is 0.379 e. The van der Waals surface area contributed by atoms with Crippen molar-refractivity contribution in [1.82, 2.24) is 10.2 Å². The fourth-order valence-electron chi connectivity index (χ4n) is 2.08. The van der Waals surface area contributed by atoms with Crippen molar-refractivity contribution in [2.45, 2.75) is 20.0 Å². The number of carbonyl (C=O) groups excluding carboxylic acids is 1. The highest BCUT2D eigenvalue weighted by molar-refractivity contribution is 5.72. The summed E-state index contributed by atoms with van der Waals surface area (Å²) in [4.78, 5) is 13.3. The Bertz CT molecular complexity index is 401. The maximum absolute atomic E-state index is 10.9. The minimum Gasteiger partial charge on any atom is -0.379 e. The van der Waals surface area contributed by atoms with Crippen LogP contribution in [-0.4, -0.2) is 37.1 Å². The maximum Gasteiger partial charge on any atom is 0.217 e. The van der Waals surface area contributed by atoms with E-state index >= 15 is 0 Å². The van der Waals surface area contributed by atoms with E-state index in [2.05, 4.69) is 22.3 Å². The highest BCUT2D eigenvalue weighted by Crippen LogP contribution is 2.09. The Labute approximate surface area is 108 Å². The summed E-state index contributed by atoms with van der Waals surface area (Å²) in [6, 6.07) is 8.38. The molecule has 98 valence electrons. The number of ether oxygens (including phenoxy) is 1. The van der Waals surface area contributed by atoms with E-state index in [4.69, 9.17) is 4.74 Å². The Kier molecular flexibility index (Phi) is 4.73. The number of amides is 1. The van der Waals surface area contributed by atoms with Gasteiger partial charge in [-0.1, -0.05) is 24.3 Å². The van der Waals surface area contributed by atoms with Gasteiger partial charge >= 0.3 is 0 Å². The van der Waals surface area contributed by atoms with E-state index < -0.39 is 0 Å². The zero-order chi connectivity index (χ0) is 12.8. The van der Waals surface area contributed by atoms with Crippen molar-refractivity contribution in [3.63, 3.8) is 0 Å².